The first-order valence-corrected chi connectivity index (χ1v) is 10.6. The van der Waals surface area contributed by atoms with Crippen molar-refractivity contribution < 1.29 is 14.3 Å². The van der Waals surface area contributed by atoms with Crippen LogP contribution < -0.4 is 4.90 Å². The van der Waals surface area contributed by atoms with Crippen LogP contribution in [0.25, 0.3) is 6.08 Å². The fourth-order valence-electron chi connectivity index (χ4n) is 3.32. The molecular weight excluding hydrogens is 428 g/mol. The van der Waals surface area contributed by atoms with Crippen molar-refractivity contribution in [2.24, 2.45) is 0 Å². The molecule has 0 N–H and O–H groups in total. The topological polar surface area (TPSA) is 99.1 Å². The quantitative estimate of drug-likeness (QED) is 0.315. The largest absolute Gasteiger partial charge is 0.451 e. The summed E-state index contributed by atoms with van der Waals surface area (Å²) in [6, 6.07) is 12.4. The Morgan fingerprint density at radius 2 is 2.00 bits per heavy atom. The summed E-state index contributed by atoms with van der Waals surface area (Å²) >= 11 is 6.00. The van der Waals surface area contributed by atoms with Gasteiger partial charge in [0.15, 0.2) is 6.61 Å². The van der Waals surface area contributed by atoms with E-state index in [-0.39, 0.29) is 18.5 Å². The van der Waals surface area contributed by atoms with Gasteiger partial charge in [0.05, 0.1) is 12.5 Å². The molecule has 0 radical (unpaired) electrons. The van der Waals surface area contributed by atoms with E-state index in [4.69, 9.17) is 21.6 Å². The Bertz CT molecular complexity index is 1110. The molecule has 0 aliphatic heterocycles. The average molecular weight is 453 g/mol. The lowest BCUT2D eigenvalue weighted by Gasteiger charge is -2.21. The SMILES string of the molecule is CCCn1c(C)cc(/C=C(\C#N)C(=O)OCC(=O)N(CCC#N)c2cccc(Cl)c2)c1C. The van der Waals surface area contributed by atoms with Gasteiger partial charge in [-0.05, 0) is 56.2 Å². The number of rotatable bonds is 9. The summed E-state index contributed by atoms with van der Waals surface area (Å²) in [4.78, 5) is 26.5. The number of aromatic nitrogens is 1. The lowest BCUT2D eigenvalue weighted by atomic mass is 10.1. The third-order valence-corrected chi connectivity index (χ3v) is 5.13. The first-order chi connectivity index (χ1) is 15.3. The van der Waals surface area contributed by atoms with E-state index in [1.807, 2.05) is 32.1 Å². The van der Waals surface area contributed by atoms with Crippen LogP contribution in [0, 0.1) is 36.5 Å². The van der Waals surface area contributed by atoms with E-state index in [1.54, 1.807) is 24.3 Å². The Morgan fingerprint density at radius 1 is 1.25 bits per heavy atom. The first kappa shape index (κ1) is 24.7. The number of carbonyl (C=O) groups is 2. The predicted octanol–water partition coefficient (Wildman–Crippen LogP) is 4.57. The highest BCUT2D eigenvalue weighted by Gasteiger charge is 2.20. The number of halogens is 1. The number of benzene rings is 1. The molecule has 1 heterocycles. The van der Waals surface area contributed by atoms with Crippen molar-refractivity contribution >= 4 is 35.2 Å². The van der Waals surface area contributed by atoms with Crippen LogP contribution in [-0.4, -0.2) is 29.6 Å². The van der Waals surface area contributed by atoms with Crippen molar-refractivity contribution in [3.8, 4) is 12.1 Å². The highest BCUT2D eigenvalue weighted by Crippen LogP contribution is 2.21. The third-order valence-electron chi connectivity index (χ3n) is 4.90. The van der Waals surface area contributed by atoms with Gasteiger partial charge < -0.3 is 14.2 Å². The molecule has 0 aliphatic carbocycles. The smallest absolute Gasteiger partial charge is 0.349 e. The van der Waals surface area contributed by atoms with E-state index >= 15 is 0 Å². The number of hydrogen-bond donors (Lipinski definition) is 0. The Hall–Kier alpha value is -3.55. The molecule has 0 saturated carbocycles. The summed E-state index contributed by atoms with van der Waals surface area (Å²) in [5.41, 5.74) is 3.04. The van der Waals surface area contributed by atoms with Gasteiger partial charge in [-0.25, -0.2) is 4.79 Å². The molecule has 8 heteroatoms. The molecule has 7 nitrogen and oxygen atoms in total. The highest BCUT2D eigenvalue weighted by molar-refractivity contribution is 6.30. The zero-order chi connectivity index (χ0) is 23.7. The monoisotopic (exact) mass is 452 g/mol. The minimum atomic E-state index is -0.882. The van der Waals surface area contributed by atoms with Gasteiger partial charge in [-0.15, -0.1) is 0 Å². The zero-order valence-corrected chi connectivity index (χ0v) is 19.1. The lowest BCUT2D eigenvalue weighted by Crippen LogP contribution is -2.35. The van der Waals surface area contributed by atoms with E-state index < -0.39 is 18.5 Å². The van der Waals surface area contributed by atoms with Crippen LogP contribution in [0.15, 0.2) is 35.9 Å². The number of aryl methyl sites for hydroxylation is 1. The first-order valence-electron chi connectivity index (χ1n) is 10.2. The number of ether oxygens (including phenoxy) is 1. The molecular formula is C24H25ClN4O3. The van der Waals surface area contributed by atoms with E-state index in [1.165, 1.54) is 11.0 Å². The number of anilines is 1. The van der Waals surface area contributed by atoms with Gasteiger partial charge in [0.2, 0.25) is 0 Å². The molecule has 0 fully saturated rings. The summed E-state index contributed by atoms with van der Waals surface area (Å²) in [5.74, 6) is -1.40. The molecule has 1 amide bonds. The van der Waals surface area contributed by atoms with E-state index in [0.29, 0.717) is 10.7 Å². The maximum absolute atomic E-state index is 12.7. The van der Waals surface area contributed by atoms with Gasteiger partial charge in [0.25, 0.3) is 5.91 Å². The minimum absolute atomic E-state index is 0.100. The maximum Gasteiger partial charge on any atom is 0.349 e. The van der Waals surface area contributed by atoms with Gasteiger partial charge in [0.1, 0.15) is 11.6 Å². The Kier molecular flexibility index (Phi) is 9.07. The van der Waals surface area contributed by atoms with Gasteiger partial charge in [-0.1, -0.05) is 24.6 Å². The number of nitrogens with zero attached hydrogens (tertiary/aromatic N) is 4. The third kappa shape index (κ3) is 6.23. The lowest BCUT2D eigenvalue weighted by molar-refractivity contribution is -0.143. The average Bonchev–Trinajstić information content (AvgIpc) is 3.03. The molecule has 0 spiro atoms. The standard InChI is InChI=1S/C24H25ClN4O3/c1-4-10-28-17(2)12-19(18(28)3)13-20(15-27)24(31)32-16-23(30)29(11-6-9-26)22-8-5-7-21(25)14-22/h5,7-8,12-14H,4,6,10-11,16H2,1-3H3/b20-13+. The van der Waals surface area contributed by atoms with Crippen molar-refractivity contribution in [3.05, 3.63) is 57.9 Å². The van der Waals surface area contributed by atoms with E-state index in [0.717, 1.165) is 29.9 Å². The maximum atomic E-state index is 12.7. The van der Waals surface area contributed by atoms with E-state index in [9.17, 15) is 14.9 Å². The van der Waals surface area contributed by atoms with Crippen molar-refractivity contribution in [3.63, 3.8) is 0 Å². The summed E-state index contributed by atoms with van der Waals surface area (Å²) in [6.45, 7) is 6.37. The summed E-state index contributed by atoms with van der Waals surface area (Å²) in [7, 11) is 0. The van der Waals surface area contributed by atoms with Crippen LogP contribution in [0.2, 0.25) is 5.02 Å². The Morgan fingerprint density at radius 3 is 2.62 bits per heavy atom. The summed E-state index contributed by atoms with van der Waals surface area (Å²) in [5, 5.41) is 18.8. The molecule has 2 rings (SSSR count). The number of amides is 1. The summed E-state index contributed by atoms with van der Waals surface area (Å²) in [6.07, 6.45) is 2.54. The van der Waals surface area contributed by atoms with Crippen LogP contribution in [0.3, 0.4) is 0 Å². The number of carbonyl (C=O) groups excluding carboxylic acids is 2. The Labute approximate surface area is 193 Å². The molecule has 0 unspecified atom stereocenters. The van der Waals surface area contributed by atoms with Gasteiger partial charge >= 0.3 is 5.97 Å². The van der Waals surface area contributed by atoms with Crippen molar-refractivity contribution in [1.82, 2.24) is 4.57 Å². The van der Waals surface area contributed by atoms with Crippen molar-refractivity contribution in [2.45, 2.75) is 40.2 Å². The van der Waals surface area contributed by atoms with Crippen LogP contribution in [0.1, 0.15) is 36.7 Å². The van der Waals surface area contributed by atoms with Gasteiger partial charge in [-0.2, -0.15) is 10.5 Å². The molecule has 0 saturated heterocycles. The minimum Gasteiger partial charge on any atom is -0.451 e. The van der Waals surface area contributed by atoms with Crippen molar-refractivity contribution in [2.75, 3.05) is 18.1 Å². The molecule has 0 aliphatic rings. The van der Waals surface area contributed by atoms with Gasteiger partial charge in [-0.3, -0.25) is 4.79 Å². The van der Waals surface area contributed by atoms with Crippen LogP contribution in [0.5, 0.6) is 0 Å². The summed E-state index contributed by atoms with van der Waals surface area (Å²) < 4.78 is 7.24. The fraction of sp³-hybridized carbons (Fsp3) is 0.333. The van der Waals surface area contributed by atoms with Crippen LogP contribution in [0.4, 0.5) is 5.69 Å². The highest BCUT2D eigenvalue weighted by atomic mass is 35.5. The molecule has 32 heavy (non-hydrogen) atoms. The normalized spacial score (nSPS) is 10.9. The second-order valence-electron chi connectivity index (χ2n) is 7.16. The second kappa shape index (κ2) is 11.7. The molecule has 166 valence electrons. The predicted molar refractivity (Wildman–Crippen MR) is 123 cm³/mol. The fourth-order valence-corrected chi connectivity index (χ4v) is 3.50. The Balaban J connectivity index is 2.15. The molecule has 0 bridgehead atoms. The number of hydrogen-bond acceptors (Lipinski definition) is 5. The molecule has 2 aromatic rings. The van der Waals surface area contributed by atoms with Crippen molar-refractivity contribution in [1.29, 1.82) is 10.5 Å². The molecule has 1 aromatic carbocycles. The zero-order valence-electron chi connectivity index (χ0n) is 18.4. The second-order valence-corrected chi connectivity index (χ2v) is 7.59. The number of nitriles is 2. The van der Waals surface area contributed by atoms with Crippen LogP contribution in [-0.2, 0) is 20.9 Å². The van der Waals surface area contributed by atoms with Crippen LogP contribution >= 0.6 is 11.6 Å². The molecule has 1 aromatic heterocycles. The number of esters is 1. The van der Waals surface area contributed by atoms with Gasteiger partial charge in [0, 0.05) is 35.2 Å². The molecule has 0 atom stereocenters. The van der Waals surface area contributed by atoms with E-state index in [2.05, 4.69) is 11.5 Å².